The molecular formula is C27H39NO3. The fraction of sp³-hybridized carbons (Fsp3) is 0.704. The van der Waals surface area contributed by atoms with Crippen LogP contribution >= 0.6 is 0 Å². The van der Waals surface area contributed by atoms with Gasteiger partial charge >= 0.3 is 5.97 Å². The first-order valence-corrected chi connectivity index (χ1v) is 12.5. The van der Waals surface area contributed by atoms with E-state index in [1.54, 1.807) is 6.92 Å². The third-order valence-electron chi connectivity index (χ3n) is 8.02. The Balaban J connectivity index is 1.65. The predicted octanol–water partition coefficient (Wildman–Crippen LogP) is 6.25. The van der Waals surface area contributed by atoms with E-state index >= 15 is 0 Å². The van der Waals surface area contributed by atoms with Gasteiger partial charge in [0.05, 0.1) is 11.3 Å². The maximum Gasteiger partial charge on any atom is 0.333 e. The molecule has 3 fully saturated rings. The van der Waals surface area contributed by atoms with E-state index in [1.807, 2.05) is 11.0 Å². The van der Waals surface area contributed by atoms with Crippen LogP contribution in [0.25, 0.3) is 0 Å². The third kappa shape index (κ3) is 5.15. The van der Waals surface area contributed by atoms with Gasteiger partial charge in [-0.05, 0) is 83.1 Å². The highest BCUT2D eigenvalue weighted by Gasteiger charge is 2.40. The maximum atomic E-state index is 13.9. The Morgan fingerprint density at radius 3 is 2.19 bits per heavy atom. The molecule has 0 heterocycles. The zero-order chi connectivity index (χ0) is 22.1. The van der Waals surface area contributed by atoms with Crippen LogP contribution < -0.4 is 0 Å². The van der Waals surface area contributed by atoms with E-state index < -0.39 is 5.97 Å². The van der Waals surface area contributed by atoms with Crippen LogP contribution in [-0.2, 0) is 9.59 Å². The lowest BCUT2D eigenvalue weighted by Crippen LogP contribution is -2.45. The van der Waals surface area contributed by atoms with Gasteiger partial charge in [0.15, 0.2) is 0 Å². The Bertz CT molecular complexity index is 802. The highest BCUT2D eigenvalue weighted by molar-refractivity contribution is 5.90. The second-order valence-electron chi connectivity index (χ2n) is 10.6. The Labute approximate surface area is 187 Å². The number of carboxylic acid groups (broad SMARTS) is 1. The molecular weight excluding hydrogens is 386 g/mol. The number of carbonyl (C=O) groups is 2. The van der Waals surface area contributed by atoms with E-state index in [2.05, 4.69) is 19.9 Å². The van der Waals surface area contributed by atoms with Crippen LogP contribution in [-0.4, -0.2) is 27.9 Å². The molecule has 3 saturated carbocycles. The van der Waals surface area contributed by atoms with E-state index in [1.165, 1.54) is 30.4 Å². The summed E-state index contributed by atoms with van der Waals surface area (Å²) in [6, 6.07) is 0.129. The minimum Gasteiger partial charge on any atom is -0.478 e. The zero-order valence-electron chi connectivity index (χ0n) is 19.5. The molecule has 4 heteroatoms. The first-order valence-electron chi connectivity index (χ1n) is 12.5. The zero-order valence-corrected chi connectivity index (χ0v) is 19.5. The van der Waals surface area contributed by atoms with Crippen LogP contribution in [0.4, 0.5) is 0 Å². The van der Waals surface area contributed by atoms with Gasteiger partial charge in [-0.15, -0.1) is 0 Å². The summed E-state index contributed by atoms with van der Waals surface area (Å²) < 4.78 is 0. The number of hydrogen-bond donors (Lipinski definition) is 1. The van der Waals surface area contributed by atoms with Gasteiger partial charge in [-0.1, -0.05) is 43.4 Å². The minimum absolute atomic E-state index is 0.0319. The summed E-state index contributed by atoms with van der Waals surface area (Å²) in [6.07, 6.45) is 16.4. The highest BCUT2D eigenvalue weighted by Crippen LogP contribution is 2.51. The monoisotopic (exact) mass is 425 g/mol. The SMILES string of the molecule is CC(=CC(=C(C)C(=O)O)N(C(=O)C1CCC(C)CC1)C1CCCCC1)C1C=C1C1CC1. The summed E-state index contributed by atoms with van der Waals surface area (Å²) in [5.41, 5.74) is 3.66. The molecule has 4 nitrogen and oxygen atoms in total. The van der Waals surface area contributed by atoms with E-state index in [0.717, 1.165) is 57.3 Å². The molecule has 1 N–H and O–H groups in total. The Kier molecular flexibility index (Phi) is 6.74. The van der Waals surface area contributed by atoms with Crippen LogP contribution in [0.2, 0.25) is 0 Å². The number of amides is 1. The van der Waals surface area contributed by atoms with Crippen LogP contribution in [0.15, 0.2) is 34.6 Å². The highest BCUT2D eigenvalue weighted by atomic mass is 16.4. The molecule has 0 aromatic rings. The number of nitrogens with zero attached hydrogens (tertiary/aromatic N) is 1. The van der Waals surface area contributed by atoms with Crippen molar-refractivity contribution in [1.82, 2.24) is 4.90 Å². The van der Waals surface area contributed by atoms with Gasteiger partial charge in [-0.3, -0.25) is 4.79 Å². The smallest absolute Gasteiger partial charge is 0.333 e. The van der Waals surface area contributed by atoms with Crippen molar-refractivity contribution in [3.63, 3.8) is 0 Å². The van der Waals surface area contributed by atoms with Gasteiger partial charge in [0.1, 0.15) is 0 Å². The molecule has 0 spiro atoms. The van der Waals surface area contributed by atoms with Crippen molar-refractivity contribution in [3.05, 3.63) is 34.6 Å². The Morgan fingerprint density at radius 2 is 1.61 bits per heavy atom. The Morgan fingerprint density at radius 1 is 0.968 bits per heavy atom. The van der Waals surface area contributed by atoms with Gasteiger partial charge in [-0.25, -0.2) is 4.79 Å². The lowest BCUT2D eigenvalue weighted by Gasteiger charge is -2.39. The molecule has 4 aliphatic carbocycles. The van der Waals surface area contributed by atoms with Gasteiger partial charge < -0.3 is 10.0 Å². The molecule has 0 radical (unpaired) electrons. The van der Waals surface area contributed by atoms with Crippen molar-refractivity contribution in [1.29, 1.82) is 0 Å². The number of rotatable bonds is 7. The molecule has 0 saturated heterocycles. The van der Waals surface area contributed by atoms with E-state index in [9.17, 15) is 14.7 Å². The molecule has 31 heavy (non-hydrogen) atoms. The lowest BCUT2D eigenvalue weighted by atomic mass is 9.81. The first kappa shape index (κ1) is 22.4. The lowest BCUT2D eigenvalue weighted by molar-refractivity contribution is -0.137. The number of hydrogen-bond acceptors (Lipinski definition) is 2. The van der Waals surface area contributed by atoms with Gasteiger partial charge in [0, 0.05) is 17.9 Å². The predicted molar refractivity (Wildman–Crippen MR) is 123 cm³/mol. The van der Waals surface area contributed by atoms with Crippen molar-refractivity contribution in [2.75, 3.05) is 0 Å². The summed E-state index contributed by atoms with van der Waals surface area (Å²) >= 11 is 0. The van der Waals surface area contributed by atoms with E-state index in [4.69, 9.17) is 0 Å². The number of carboxylic acids is 1. The number of carbonyl (C=O) groups excluding carboxylic acids is 1. The molecule has 4 rings (SSSR count). The summed E-state index contributed by atoms with van der Waals surface area (Å²) in [5.74, 6) is 1.10. The second-order valence-corrected chi connectivity index (χ2v) is 10.6. The standard InChI is InChI=1S/C27H39NO3/c1-17-9-11-21(12-10-17)26(29)28(22-7-5-4-6-8-22)25(19(3)27(30)31)15-18(2)23-16-24(23)20-13-14-20/h15-17,20-23H,4-14H2,1-3H3,(H,30,31). The largest absolute Gasteiger partial charge is 0.478 e. The third-order valence-corrected chi connectivity index (χ3v) is 8.02. The van der Waals surface area contributed by atoms with E-state index in [0.29, 0.717) is 23.1 Å². The van der Waals surface area contributed by atoms with Crippen molar-refractivity contribution >= 4 is 11.9 Å². The Hall–Kier alpha value is -1.84. The molecule has 0 bridgehead atoms. The van der Waals surface area contributed by atoms with Crippen molar-refractivity contribution in [2.45, 2.75) is 97.4 Å². The molecule has 1 atom stereocenters. The second kappa shape index (κ2) is 9.34. The van der Waals surface area contributed by atoms with Crippen LogP contribution in [0.5, 0.6) is 0 Å². The van der Waals surface area contributed by atoms with Crippen LogP contribution in [0, 0.1) is 23.7 Å². The van der Waals surface area contributed by atoms with Crippen LogP contribution in [0.3, 0.4) is 0 Å². The van der Waals surface area contributed by atoms with Crippen LogP contribution in [0.1, 0.15) is 91.4 Å². The summed E-state index contributed by atoms with van der Waals surface area (Å²) in [5, 5.41) is 9.91. The molecule has 0 aliphatic heterocycles. The van der Waals surface area contributed by atoms with Crippen molar-refractivity contribution in [3.8, 4) is 0 Å². The van der Waals surface area contributed by atoms with Crippen molar-refractivity contribution in [2.24, 2.45) is 23.7 Å². The first-order chi connectivity index (χ1) is 14.9. The average Bonchev–Trinajstić information content (AvgIpc) is 3.66. The summed E-state index contributed by atoms with van der Waals surface area (Å²) in [6.45, 7) is 6.05. The average molecular weight is 426 g/mol. The normalized spacial score (nSPS) is 30.4. The molecule has 1 amide bonds. The van der Waals surface area contributed by atoms with Gasteiger partial charge in [0.25, 0.3) is 0 Å². The molecule has 170 valence electrons. The quantitative estimate of drug-likeness (QED) is 0.298. The molecule has 0 aromatic heterocycles. The fourth-order valence-corrected chi connectivity index (χ4v) is 5.66. The van der Waals surface area contributed by atoms with Gasteiger partial charge in [0.2, 0.25) is 5.91 Å². The van der Waals surface area contributed by atoms with Gasteiger partial charge in [-0.2, -0.15) is 0 Å². The minimum atomic E-state index is -0.920. The maximum absolute atomic E-state index is 13.9. The number of allylic oxidation sites excluding steroid dienone is 4. The fourth-order valence-electron chi connectivity index (χ4n) is 5.66. The summed E-state index contributed by atoms with van der Waals surface area (Å²) in [4.78, 5) is 27.9. The molecule has 0 aromatic carbocycles. The topological polar surface area (TPSA) is 57.6 Å². The van der Waals surface area contributed by atoms with E-state index in [-0.39, 0.29) is 17.9 Å². The summed E-state index contributed by atoms with van der Waals surface area (Å²) in [7, 11) is 0. The number of aliphatic carboxylic acids is 1. The van der Waals surface area contributed by atoms with Crippen molar-refractivity contribution < 1.29 is 14.7 Å². The molecule has 4 aliphatic rings. The molecule has 1 unspecified atom stereocenters.